The van der Waals surface area contributed by atoms with Gasteiger partial charge in [-0.2, -0.15) is 0 Å². The highest BCUT2D eigenvalue weighted by atomic mass is 35.5. The normalized spacial score (nSPS) is 19.3. The van der Waals surface area contributed by atoms with Crippen molar-refractivity contribution in [2.24, 2.45) is 0 Å². The first-order valence-corrected chi connectivity index (χ1v) is 8.14. The number of rotatable bonds is 4. The Kier molecular flexibility index (Phi) is 4.38. The van der Waals surface area contributed by atoms with Crippen LogP contribution in [0.5, 0.6) is 5.75 Å². The maximum Gasteiger partial charge on any atom is 0.328 e. The molecule has 2 aromatic rings. The first-order chi connectivity index (χ1) is 11.0. The van der Waals surface area contributed by atoms with Crippen LogP contribution in [0.4, 0.5) is 9.93 Å². The van der Waals surface area contributed by atoms with Crippen LogP contribution in [0.15, 0.2) is 24.3 Å². The van der Waals surface area contributed by atoms with E-state index in [0.717, 1.165) is 0 Å². The molecule has 1 N–H and O–H groups in total. The van der Waals surface area contributed by atoms with Gasteiger partial charge in [0.15, 0.2) is 11.2 Å². The Morgan fingerprint density at radius 1 is 1.43 bits per heavy atom. The summed E-state index contributed by atoms with van der Waals surface area (Å²) in [5.41, 5.74) is 0. The number of hydrogen-bond donors (Lipinski definition) is 1. The molecule has 1 fully saturated rings. The largest absolute Gasteiger partial charge is 0.482 e. The summed E-state index contributed by atoms with van der Waals surface area (Å²) in [6.45, 7) is 2.06. The Hall–Kier alpha value is -1.90. The van der Waals surface area contributed by atoms with E-state index in [-0.39, 0.29) is 18.7 Å². The number of aliphatic hydroxyl groups is 1. The number of likely N-dealkylation sites (N-methyl/N-ethyl adjacent to an activating group) is 1. The van der Waals surface area contributed by atoms with Crippen LogP contribution in [0.2, 0.25) is 5.02 Å². The summed E-state index contributed by atoms with van der Waals surface area (Å²) < 4.78 is 5.78. The van der Waals surface area contributed by atoms with Crippen molar-refractivity contribution in [1.82, 2.24) is 15.1 Å². The van der Waals surface area contributed by atoms with Crippen LogP contribution in [0.25, 0.3) is 0 Å². The maximum atomic E-state index is 12.0. The molecule has 2 heterocycles. The quantitative estimate of drug-likeness (QED) is 0.912. The van der Waals surface area contributed by atoms with E-state index in [4.69, 9.17) is 16.3 Å². The highest BCUT2D eigenvalue weighted by Gasteiger charge is 2.37. The van der Waals surface area contributed by atoms with Gasteiger partial charge in [-0.15, -0.1) is 10.2 Å². The number of anilines is 1. The van der Waals surface area contributed by atoms with Gasteiger partial charge in [0, 0.05) is 7.05 Å². The van der Waals surface area contributed by atoms with Crippen molar-refractivity contribution in [1.29, 1.82) is 0 Å². The Morgan fingerprint density at radius 2 is 2.17 bits per heavy atom. The van der Waals surface area contributed by atoms with Crippen molar-refractivity contribution in [3.63, 3.8) is 0 Å². The number of amides is 2. The molecule has 1 aromatic heterocycles. The molecule has 1 aromatic carbocycles. The number of carbonyl (C=O) groups excluding carboxylic acids is 1. The van der Waals surface area contributed by atoms with E-state index in [2.05, 4.69) is 10.2 Å². The monoisotopic (exact) mass is 354 g/mol. The second-order valence-corrected chi connectivity index (χ2v) is 6.52. The van der Waals surface area contributed by atoms with Crippen molar-refractivity contribution in [2.75, 3.05) is 18.5 Å². The van der Waals surface area contributed by atoms with Gasteiger partial charge in [-0.1, -0.05) is 35.1 Å². The summed E-state index contributed by atoms with van der Waals surface area (Å²) in [4.78, 5) is 14.7. The fourth-order valence-electron chi connectivity index (χ4n) is 2.19. The minimum Gasteiger partial charge on any atom is -0.482 e. The molecule has 0 spiro atoms. The lowest BCUT2D eigenvalue weighted by molar-refractivity contribution is 0.183. The van der Waals surface area contributed by atoms with Gasteiger partial charge < -0.3 is 14.7 Å². The van der Waals surface area contributed by atoms with Crippen molar-refractivity contribution < 1.29 is 14.6 Å². The molecule has 23 heavy (non-hydrogen) atoms. The molecule has 3 rings (SSSR count). The number of halogens is 1. The van der Waals surface area contributed by atoms with Crippen LogP contribution in [0.3, 0.4) is 0 Å². The maximum absolute atomic E-state index is 12.0. The molecule has 2 amide bonds. The van der Waals surface area contributed by atoms with E-state index in [1.165, 1.54) is 21.1 Å². The number of nitrogens with zero attached hydrogens (tertiary/aromatic N) is 4. The highest BCUT2D eigenvalue weighted by molar-refractivity contribution is 7.15. The zero-order valence-electron chi connectivity index (χ0n) is 12.5. The molecule has 2 unspecified atom stereocenters. The van der Waals surface area contributed by atoms with Gasteiger partial charge in [0.1, 0.15) is 11.9 Å². The van der Waals surface area contributed by atoms with Crippen LogP contribution in [0, 0.1) is 0 Å². The number of β-amino-alcohol motifs (C(OH)–C–C–N with tert-alkyl or cyclic N) is 1. The number of urea groups is 1. The molecule has 1 aliphatic rings. The second kappa shape index (κ2) is 6.31. The van der Waals surface area contributed by atoms with Crippen LogP contribution in [0.1, 0.15) is 18.0 Å². The summed E-state index contributed by atoms with van der Waals surface area (Å²) in [6, 6.07) is 6.85. The lowest BCUT2D eigenvalue weighted by atomic mass is 10.3. The summed E-state index contributed by atoms with van der Waals surface area (Å²) in [7, 11) is 1.62. The van der Waals surface area contributed by atoms with Crippen molar-refractivity contribution in [3.05, 3.63) is 34.3 Å². The molecule has 0 radical (unpaired) electrons. The average molecular weight is 355 g/mol. The summed E-state index contributed by atoms with van der Waals surface area (Å²) in [6.07, 6.45) is -1.30. The molecule has 0 bridgehead atoms. The van der Waals surface area contributed by atoms with Crippen molar-refractivity contribution in [2.45, 2.75) is 19.3 Å². The predicted molar refractivity (Wildman–Crippen MR) is 86.9 cm³/mol. The van der Waals surface area contributed by atoms with E-state index in [1.807, 2.05) is 19.1 Å². The standard InChI is InChI=1S/C14H15ClN4O3S/c1-8(22-10-6-4-3-5-9(10)15)12-16-17-13(23-12)19-11(20)7-18(2)14(19)21/h3-6,8,11,20H,7H2,1-2H3. The SMILES string of the molecule is CC(Oc1ccccc1Cl)c1nnc(N2C(=O)N(C)CC2O)s1. The molecule has 9 heteroatoms. The van der Waals surface area contributed by atoms with E-state index < -0.39 is 6.23 Å². The van der Waals surface area contributed by atoms with Gasteiger partial charge >= 0.3 is 6.03 Å². The molecule has 1 aliphatic heterocycles. The topological polar surface area (TPSA) is 78.8 Å². The number of aromatic nitrogens is 2. The molecule has 0 aliphatic carbocycles. The van der Waals surface area contributed by atoms with E-state index in [1.54, 1.807) is 19.2 Å². The summed E-state index contributed by atoms with van der Waals surface area (Å²) in [5, 5.41) is 19.5. The third-order valence-corrected chi connectivity index (χ3v) is 4.79. The summed E-state index contributed by atoms with van der Waals surface area (Å²) >= 11 is 7.27. The molecule has 0 saturated carbocycles. The summed E-state index contributed by atoms with van der Waals surface area (Å²) in [5.74, 6) is 0.551. The fraction of sp³-hybridized carbons (Fsp3) is 0.357. The number of carbonyl (C=O) groups is 1. The molecule has 122 valence electrons. The van der Waals surface area contributed by atoms with E-state index in [0.29, 0.717) is 20.9 Å². The van der Waals surface area contributed by atoms with E-state index >= 15 is 0 Å². The lowest BCUT2D eigenvalue weighted by Crippen LogP contribution is -2.34. The third kappa shape index (κ3) is 3.10. The Labute approximate surface area is 142 Å². The highest BCUT2D eigenvalue weighted by Crippen LogP contribution is 2.33. The first kappa shape index (κ1) is 16.0. The van der Waals surface area contributed by atoms with Gasteiger partial charge in [-0.05, 0) is 19.1 Å². The number of aliphatic hydroxyl groups excluding tert-OH is 1. The molecule has 2 atom stereocenters. The Balaban J connectivity index is 1.77. The molecular weight excluding hydrogens is 340 g/mol. The van der Waals surface area contributed by atoms with Gasteiger partial charge in [-0.3, -0.25) is 0 Å². The first-order valence-electron chi connectivity index (χ1n) is 6.94. The minimum absolute atomic E-state index is 0.236. The van der Waals surface area contributed by atoms with Crippen molar-refractivity contribution in [3.8, 4) is 5.75 Å². The van der Waals surface area contributed by atoms with Gasteiger partial charge in [0.25, 0.3) is 0 Å². The number of para-hydroxylation sites is 1. The average Bonchev–Trinajstić information content (AvgIpc) is 3.07. The van der Waals surface area contributed by atoms with Crippen LogP contribution >= 0.6 is 22.9 Å². The zero-order valence-corrected chi connectivity index (χ0v) is 14.1. The Bertz CT molecular complexity index is 726. The molecule has 1 saturated heterocycles. The van der Waals surface area contributed by atoms with Crippen LogP contribution < -0.4 is 9.64 Å². The second-order valence-electron chi connectivity index (χ2n) is 5.13. The van der Waals surface area contributed by atoms with Crippen LogP contribution in [-0.4, -0.2) is 46.1 Å². The molecule has 7 nitrogen and oxygen atoms in total. The number of benzene rings is 1. The van der Waals surface area contributed by atoms with Crippen molar-refractivity contribution >= 4 is 34.1 Å². The Morgan fingerprint density at radius 3 is 2.83 bits per heavy atom. The number of ether oxygens (including phenoxy) is 1. The third-order valence-electron chi connectivity index (χ3n) is 3.39. The van der Waals surface area contributed by atoms with Crippen LogP contribution in [-0.2, 0) is 0 Å². The number of hydrogen-bond acceptors (Lipinski definition) is 6. The fourth-order valence-corrected chi connectivity index (χ4v) is 3.24. The van der Waals surface area contributed by atoms with E-state index in [9.17, 15) is 9.90 Å². The van der Waals surface area contributed by atoms with Gasteiger partial charge in [-0.25, -0.2) is 9.69 Å². The minimum atomic E-state index is -0.923. The molecular formula is C14H15ClN4O3S. The van der Waals surface area contributed by atoms with Gasteiger partial charge in [0.05, 0.1) is 11.6 Å². The van der Waals surface area contributed by atoms with Gasteiger partial charge in [0.2, 0.25) is 5.13 Å². The smallest absolute Gasteiger partial charge is 0.328 e. The predicted octanol–water partition coefficient (Wildman–Crippen LogP) is 2.52. The zero-order chi connectivity index (χ0) is 16.6. The lowest BCUT2D eigenvalue weighted by Gasteiger charge is -2.15.